The molecule has 19 heavy (non-hydrogen) atoms. The highest BCUT2D eigenvalue weighted by molar-refractivity contribution is 7.90. The topological polar surface area (TPSA) is 89.3 Å². The van der Waals surface area contributed by atoms with E-state index >= 15 is 0 Å². The van der Waals surface area contributed by atoms with Crippen LogP contribution in [0.2, 0.25) is 0 Å². The van der Waals surface area contributed by atoms with Gasteiger partial charge in [0.1, 0.15) is 0 Å². The molecule has 0 aliphatic rings. The molecule has 0 saturated carbocycles. The number of unbranched alkanes of at least 4 members (excludes halogenated alkanes) is 1. The first-order chi connectivity index (χ1) is 8.86. The number of carbonyl (C=O) groups excluding carboxylic acids is 1. The third-order valence-corrected chi connectivity index (χ3v) is 3.90. The predicted octanol–water partition coefficient (Wildman–Crippen LogP) is 1.55. The van der Waals surface area contributed by atoms with Gasteiger partial charge in [-0.25, -0.2) is 8.42 Å². The molecular formula is C13H20N2O3S. The van der Waals surface area contributed by atoms with Gasteiger partial charge in [-0.2, -0.15) is 0 Å². The second kappa shape index (κ2) is 6.68. The number of rotatable bonds is 6. The molecule has 0 aliphatic carbocycles. The van der Waals surface area contributed by atoms with Crippen molar-refractivity contribution in [2.75, 3.05) is 11.6 Å². The lowest BCUT2D eigenvalue weighted by Crippen LogP contribution is -2.35. The second-order valence-electron chi connectivity index (χ2n) is 4.51. The Balaban J connectivity index is 2.86. The largest absolute Gasteiger partial charge is 0.324 e. The van der Waals surface area contributed by atoms with E-state index in [1.54, 1.807) is 18.2 Å². The Morgan fingerprint density at radius 2 is 2.00 bits per heavy atom. The van der Waals surface area contributed by atoms with Crippen molar-refractivity contribution in [3.63, 3.8) is 0 Å². The third kappa shape index (κ3) is 4.65. The van der Waals surface area contributed by atoms with Crippen LogP contribution in [0.3, 0.4) is 0 Å². The van der Waals surface area contributed by atoms with Crippen molar-refractivity contribution < 1.29 is 13.2 Å². The summed E-state index contributed by atoms with van der Waals surface area (Å²) in [7, 11) is -3.38. The van der Waals surface area contributed by atoms with E-state index in [0.717, 1.165) is 19.1 Å². The van der Waals surface area contributed by atoms with E-state index < -0.39 is 15.9 Å². The standard InChI is InChI=1S/C13H20N2O3S/c1-3-4-7-10(14)13(16)15-11-8-5-6-9-12(11)19(2,17)18/h5-6,8-10H,3-4,7,14H2,1-2H3,(H,15,16)/t10-/m0/s1. The summed E-state index contributed by atoms with van der Waals surface area (Å²) >= 11 is 0. The number of benzene rings is 1. The summed E-state index contributed by atoms with van der Waals surface area (Å²) in [5.74, 6) is -0.357. The molecular weight excluding hydrogens is 264 g/mol. The quantitative estimate of drug-likeness (QED) is 0.829. The average molecular weight is 284 g/mol. The second-order valence-corrected chi connectivity index (χ2v) is 6.49. The minimum Gasteiger partial charge on any atom is -0.324 e. The van der Waals surface area contributed by atoms with E-state index in [1.807, 2.05) is 6.92 Å². The van der Waals surface area contributed by atoms with Crippen molar-refractivity contribution in [3.8, 4) is 0 Å². The number of nitrogens with two attached hydrogens (primary N) is 1. The van der Waals surface area contributed by atoms with Crippen molar-refractivity contribution >= 4 is 21.4 Å². The highest BCUT2D eigenvalue weighted by Gasteiger charge is 2.17. The summed E-state index contributed by atoms with van der Waals surface area (Å²) in [4.78, 5) is 12.0. The molecule has 3 N–H and O–H groups in total. The molecule has 0 bridgehead atoms. The molecule has 0 unspecified atom stereocenters. The van der Waals surface area contributed by atoms with Crippen LogP contribution in [0.15, 0.2) is 29.2 Å². The van der Waals surface area contributed by atoms with Crippen molar-refractivity contribution in [1.29, 1.82) is 0 Å². The van der Waals surface area contributed by atoms with Gasteiger partial charge in [0.25, 0.3) is 0 Å². The number of nitrogens with one attached hydrogen (secondary N) is 1. The van der Waals surface area contributed by atoms with Crippen molar-refractivity contribution in [1.82, 2.24) is 0 Å². The van der Waals surface area contributed by atoms with Gasteiger partial charge in [-0.3, -0.25) is 4.79 Å². The van der Waals surface area contributed by atoms with Gasteiger partial charge < -0.3 is 11.1 Å². The van der Waals surface area contributed by atoms with Crippen LogP contribution in [0, 0.1) is 0 Å². The highest BCUT2D eigenvalue weighted by atomic mass is 32.2. The first kappa shape index (κ1) is 15.7. The Morgan fingerprint density at radius 3 is 2.58 bits per heavy atom. The molecule has 0 spiro atoms. The number of para-hydroxylation sites is 1. The Morgan fingerprint density at radius 1 is 1.37 bits per heavy atom. The van der Waals surface area contributed by atoms with Gasteiger partial charge >= 0.3 is 0 Å². The van der Waals surface area contributed by atoms with Crippen LogP contribution in [0.1, 0.15) is 26.2 Å². The fourth-order valence-electron chi connectivity index (χ4n) is 1.67. The molecule has 1 atom stereocenters. The monoisotopic (exact) mass is 284 g/mol. The molecule has 0 fully saturated rings. The van der Waals surface area contributed by atoms with Crippen LogP contribution in [-0.2, 0) is 14.6 Å². The summed E-state index contributed by atoms with van der Waals surface area (Å²) in [6.45, 7) is 2.02. The zero-order valence-electron chi connectivity index (χ0n) is 11.2. The van der Waals surface area contributed by atoms with Crippen molar-refractivity contribution in [2.45, 2.75) is 37.1 Å². The molecule has 1 rings (SSSR count). The summed E-state index contributed by atoms with van der Waals surface area (Å²) < 4.78 is 23.2. The number of carbonyl (C=O) groups is 1. The molecule has 0 heterocycles. The van der Waals surface area contributed by atoms with E-state index in [9.17, 15) is 13.2 Å². The number of anilines is 1. The Labute approximate surface area is 114 Å². The smallest absolute Gasteiger partial charge is 0.241 e. The molecule has 106 valence electrons. The molecule has 5 nitrogen and oxygen atoms in total. The zero-order chi connectivity index (χ0) is 14.5. The summed E-state index contributed by atoms with van der Waals surface area (Å²) in [5.41, 5.74) is 6.03. The highest BCUT2D eigenvalue weighted by Crippen LogP contribution is 2.20. The molecule has 1 aromatic rings. The van der Waals surface area contributed by atoms with Gasteiger partial charge in [0.15, 0.2) is 9.84 Å². The third-order valence-electron chi connectivity index (χ3n) is 2.75. The fraction of sp³-hybridized carbons (Fsp3) is 0.462. The molecule has 1 amide bonds. The van der Waals surface area contributed by atoms with E-state index in [0.29, 0.717) is 6.42 Å². The van der Waals surface area contributed by atoms with Crippen LogP contribution in [0.4, 0.5) is 5.69 Å². The van der Waals surface area contributed by atoms with Gasteiger partial charge in [0, 0.05) is 6.26 Å². The van der Waals surface area contributed by atoms with Crippen molar-refractivity contribution in [2.24, 2.45) is 5.73 Å². The summed E-state index contributed by atoms with van der Waals surface area (Å²) in [6, 6.07) is 5.68. The van der Waals surface area contributed by atoms with Crippen molar-refractivity contribution in [3.05, 3.63) is 24.3 Å². The first-order valence-electron chi connectivity index (χ1n) is 6.21. The van der Waals surface area contributed by atoms with Gasteiger partial charge in [0.05, 0.1) is 16.6 Å². The maximum absolute atomic E-state index is 11.9. The lowest BCUT2D eigenvalue weighted by molar-refractivity contribution is -0.117. The minimum absolute atomic E-state index is 0.103. The fourth-order valence-corrected chi connectivity index (χ4v) is 2.52. The molecule has 0 radical (unpaired) electrons. The number of sulfone groups is 1. The Bertz CT molecular complexity index is 541. The van der Waals surface area contributed by atoms with Crippen LogP contribution < -0.4 is 11.1 Å². The molecule has 0 saturated heterocycles. The number of hydrogen-bond acceptors (Lipinski definition) is 4. The SMILES string of the molecule is CCCC[C@H](N)C(=O)Nc1ccccc1S(C)(=O)=O. The number of amides is 1. The van der Waals surface area contributed by atoms with E-state index in [1.165, 1.54) is 6.07 Å². The maximum Gasteiger partial charge on any atom is 0.241 e. The maximum atomic E-state index is 11.9. The Kier molecular flexibility index (Phi) is 5.50. The van der Waals surface area contributed by atoms with E-state index in [4.69, 9.17) is 5.73 Å². The lowest BCUT2D eigenvalue weighted by Gasteiger charge is -2.13. The van der Waals surface area contributed by atoms with Gasteiger partial charge in [0.2, 0.25) is 5.91 Å². The normalized spacial score (nSPS) is 13.0. The molecule has 1 aromatic carbocycles. The van der Waals surface area contributed by atoms with Crippen LogP contribution in [-0.4, -0.2) is 26.6 Å². The average Bonchev–Trinajstić information content (AvgIpc) is 2.35. The summed E-state index contributed by atoms with van der Waals surface area (Å²) in [6.07, 6.45) is 3.52. The van der Waals surface area contributed by atoms with Gasteiger partial charge in [-0.1, -0.05) is 31.9 Å². The molecule has 0 aromatic heterocycles. The predicted molar refractivity (Wildman–Crippen MR) is 75.7 cm³/mol. The summed E-state index contributed by atoms with van der Waals surface area (Å²) in [5, 5.41) is 2.58. The molecule has 0 aliphatic heterocycles. The van der Waals surface area contributed by atoms with Crippen LogP contribution >= 0.6 is 0 Å². The van der Waals surface area contributed by atoms with E-state index in [-0.39, 0.29) is 16.5 Å². The van der Waals surface area contributed by atoms with E-state index in [2.05, 4.69) is 5.32 Å². The van der Waals surface area contributed by atoms with Gasteiger partial charge in [-0.15, -0.1) is 0 Å². The zero-order valence-corrected chi connectivity index (χ0v) is 12.0. The Hall–Kier alpha value is -1.40. The first-order valence-corrected chi connectivity index (χ1v) is 8.11. The van der Waals surface area contributed by atoms with Crippen LogP contribution in [0.25, 0.3) is 0 Å². The minimum atomic E-state index is -3.38. The molecule has 6 heteroatoms. The number of hydrogen-bond donors (Lipinski definition) is 2. The van der Waals surface area contributed by atoms with Gasteiger partial charge in [-0.05, 0) is 18.6 Å². The van der Waals surface area contributed by atoms with Crippen LogP contribution in [0.5, 0.6) is 0 Å². The lowest BCUT2D eigenvalue weighted by atomic mass is 10.1.